The average Bonchev–Trinajstić information content (AvgIpc) is 3.06. The zero-order valence-electron chi connectivity index (χ0n) is 14.2. The fraction of sp³-hybridized carbons (Fsp3) is 0.400. The molecule has 1 aromatic heterocycles. The van der Waals surface area contributed by atoms with Crippen molar-refractivity contribution >= 4 is 11.8 Å². The van der Waals surface area contributed by atoms with Gasteiger partial charge < -0.3 is 10.4 Å². The first-order valence-electron chi connectivity index (χ1n) is 8.92. The van der Waals surface area contributed by atoms with Gasteiger partial charge in [-0.05, 0) is 49.3 Å². The Kier molecular flexibility index (Phi) is 4.17. The highest BCUT2D eigenvalue weighted by Crippen LogP contribution is 2.43. The Bertz CT molecular complexity index is 770. The summed E-state index contributed by atoms with van der Waals surface area (Å²) in [6, 6.07) is 13.8. The summed E-state index contributed by atoms with van der Waals surface area (Å²) in [5.41, 5.74) is 3.37. The molecule has 3 N–H and O–H groups in total. The van der Waals surface area contributed by atoms with Crippen LogP contribution in [0.2, 0.25) is 0 Å². The maximum absolute atomic E-state index is 12.3. The summed E-state index contributed by atoms with van der Waals surface area (Å²) >= 11 is 0. The van der Waals surface area contributed by atoms with Gasteiger partial charge in [0.2, 0.25) is 0 Å². The Hall–Kier alpha value is -2.40. The third kappa shape index (κ3) is 3.24. The number of hydrogen-bond acceptors (Lipinski definition) is 3. The zero-order valence-corrected chi connectivity index (χ0v) is 14.2. The van der Waals surface area contributed by atoms with Gasteiger partial charge in [-0.1, -0.05) is 36.4 Å². The van der Waals surface area contributed by atoms with Crippen LogP contribution in [0, 0.1) is 0 Å². The lowest BCUT2D eigenvalue weighted by atomic mass is 9.62. The molecule has 0 atom stereocenters. The van der Waals surface area contributed by atoms with Crippen LogP contribution in [0.5, 0.6) is 0 Å². The number of aliphatic hydroxyl groups excluding tert-OH is 1. The standard InChI is InChI=1S/C20H23N3O2/c24-16-11-20(12-16,15-6-2-1-3-7-15)13-21-19(25)23-18-10-9-14-5-4-8-17(14)22-18/h1-3,6-7,9-10,16,24H,4-5,8,11-13H2,(H2,21,22,23,25). The summed E-state index contributed by atoms with van der Waals surface area (Å²) in [5.74, 6) is 0.598. The fourth-order valence-corrected chi connectivity index (χ4v) is 4.02. The molecule has 5 nitrogen and oxygen atoms in total. The van der Waals surface area contributed by atoms with E-state index in [4.69, 9.17) is 0 Å². The van der Waals surface area contributed by atoms with E-state index in [0.717, 1.165) is 30.5 Å². The van der Waals surface area contributed by atoms with Crippen LogP contribution in [0.25, 0.3) is 0 Å². The van der Waals surface area contributed by atoms with Crippen LogP contribution in [0.15, 0.2) is 42.5 Å². The topological polar surface area (TPSA) is 74.2 Å². The molecule has 25 heavy (non-hydrogen) atoms. The molecule has 0 spiro atoms. The number of carbonyl (C=O) groups is 1. The molecular formula is C20H23N3O2. The van der Waals surface area contributed by atoms with Crippen molar-refractivity contribution in [2.24, 2.45) is 0 Å². The zero-order chi connectivity index (χ0) is 17.3. The lowest BCUT2D eigenvalue weighted by Crippen LogP contribution is -2.52. The normalized spacial score (nSPS) is 24.3. The van der Waals surface area contributed by atoms with E-state index in [9.17, 15) is 9.90 Å². The Balaban J connectivity index is 1.39. The SMILES string of the molecule is O=C(NCC1(c2ccccc2)CC(O)C1)Nc1ccc2c(n1)CCC2. The van der Waals surface area contributed by atoms with E-state index >= 15 is 0 Å². The smallest absolute Gasteiger partial charge is 0.320 e. The van der Waals surface area contributed by atoms with E-state index in [1.54, 1.807) is 0 Å². The molecule has 4 rings (SSSR count). The number of urea groups is 1. The van der Waals surface area contributed by atoms with Crippen molar-refractivity contribution in [3.63, 3.8) is 0 Å². The average molecular weight is 337 g/mol. The van der Waals surface area contributed by atoms with E-state index in [1.165, 1.54) is 5.56 Å². The molecule has 2 aromatic rings. The van der Waals surface area contributed by atoms with Crippen LogP contribution in [-0.4, -0.2) is 28.8 Å². The summed E-state index contributed by atoms with van der Waals surface area (Å²) in [6.45, 7) is 0.505. The first-order valence-corrected chi connectivity index (χ1v) is 8.92. The number of nitrogens with zero attached hydrogens (tertiary/aromatic N) is 1. The highest BCUT2D eigenvalue weighted by atomic mass is 16.3. The quantitative estimate of drug-likeness (QED) is 0.803. The number of benzene rings is 1. The van der Waals surface area contributed by atoms with Gasteiger partial charge in [-0.25, -0.2) is 9.78 Å². The first-order chi connectivity index (χ1) is 12.1. The van der Waals surface area contributed by atoms with Crippen LogP contribution in [0.3, 0.4) is 0 Å². The fourth-order valence-electron chi connectivity index (χ4n) is 4.02. The Morgan fingerprint density at radius 1 is 1.16 bits per heavy atom. The molecule has 1 fully saturated rings. The van der Waals surface area contributed by atoms with E-state index < -0.39 is 0 Å². The lowest BCUT2D eigenvalue weighted by Gasteiger charge is -2.46. The minimum atomic E-state index is -0.288. The number of pyridine rings is 1. The predicted octanol–water partition coefficient (Wildman–Crippen LogP) is 2.78. The van der Waals surface area contributed by atoms with Crippen LogP contribution in [-0.2, 0) is 18.3 Å². The van der Waals surface area contributed by atoms with Gasteiger partial charge in [0.25, 0.3) is 0 Å². The second-order valence-corrected chi connectivity index (χ2v) is 7.17. The maximum atomic E-state index is 12.3. The molecule has 0 aliphatic heterocycles. The highest BCUT2D eigenvalue weighted by Gasteiger charge is 2.44. The largest absolute Gasteiger partial charge is 0.393 e. The van der Waals surface area contributed by atoms with E-state index in [0.29, 0.717) is 25.2 Å². The Morgan fingerprint density at radius 3 is 2.72 bits per heavy atom. The Labute approximate surface area is 147 Å². The van der Waals surface area contributed by atoms with Crippen molar-refractivity contribution in [2.75, 3.05) is 11.9 Å². The monoisotopic (exact) mass is 337 g/mol. The van der Waals surface area contributed by atoms with Gasteiger partial charge in [-0.15, -0.1) is 0 Å². The van der Waals surface area contributed by atoms with Gasteiger partial charge in [0.05, 0.1) is 6.10 Å². The van der Waals surface area contributed by atoms with Crippen molar-refractivity contribution < 1.29 is 9.90 Å². The molecule has 5 heteroatoms. The number of aryl methyl sites for hydroxylation is 2. The van der Waals surface area contributed by atoms with E-state index in [2.05, 4.69) is 33.8 Å². The molecule has 2 aliphatic carbocycles. The third-order valence-electron chi connectivity index (χ3n) is 5.40. The van der Waals surface area contributed by atoms with Gasteiger partial charge in [-0.3, -0.25) is 5.32 Å². The summed E-state index contributed by atoms with van der Waals surface area (Å²) in [5, 5.41) is 15.6. The van der Waals surface area contributed by atoms with Gasteiger partial charge >= 0.3 is 6.03 Å². The predicted molar refractivity (Wildman–Crippen MR) is 96.6 cm³/mol. The van der Waals surface area contributed by atoms with Gasteiger partial charge in [0.1, 0.15) is 5.82 Å². The molecule has 130 valence electrons. The van der Waals surface area contributed by atoms with Crippen LogP contribution in [0.1, 0.15) is 36.1 Å². The first kappa shape index (κ1) is 16.1. The Morgan fingerprint density at radius 2 is 1.96 bits per heavy atom. The molecule has 1 saturated carbocycles. The lowest BCUT2D eigenvalue weighted by molar-refractivity contribution is 0.0193. The molecule has 1 heterocycles. The molecule has 1 aromatic carbocycles. The van der Waals surface area contributed by atoms with Crippen molar-refractivity contribution in [1.82, 2.24) is 10.3 Å². The summed E-state index contributed by atoms with van der Waals surface area (Å²) in [4.78, 5) is 16.8. The minimum Gasteiger partial charge on any atom is -0.393 e. The van der Waals surface area contributed by atoms with E-state index in [-0.39, 0.29) is 17.6 Å². The number of aliphatic hydroxyl groups is 1. The van der Waals surface area contributed by atoms with Gasteiger partial charge in [0, 0.05) is 17.7 Å². The second-order valence-electron chi connectivity index (χ2n) is 7.17. The molecule has 2 aliphatic rings. The summed E-state index contributed by atoms with van der Waals surface area (Å²) in [6.07, 6.45) is 4.27. The van der Waals surface area contributed by atoms with Gasteiger partial charge in [0.15, 0.2) is 0 Å². The van der Waals surface area contributed by atoms with Crippen molar-refractivity contribution in [3.8, 4) is 0 Å². The molecule has 0 radical (unpaired) electrons. The highest BCUT2D eigenvalue weighted by molar-refractivity contribution is 5.88. The molecular weight excluding hydrogens is 314 g/mol. The summed E-state index contributed by atoms with van der Waals surface area (Å²) < 4.78 is 0. The van der Waals surface area contributed by atoms with Crippen LogP contribution in [0.4, 0.5) is 10.6 Å². The molecule has 0 bridgehead atoms. The summed E-state index contributed by atoms with van der Waals surface area (Å²) in [7, 11) is 0. The van der Waals surface area contributed by atoms with Crippen molar-refractivity contribution in [1.29, 1.82) is 0 Å². The third-order valence-corrected chi connectivity index (χ3v) is 5.40. The van der Waals surface area contributed by atoms with Crippen molar-refractivity contribution in [2.45, 2.75) is 43.6 Å². The van der Waals surface area contributed by atoms with Crippen LogP contribution >= 0.6 is 0 Å². The number of amides is 2. The number of fused-ring (bicyclic) bond motifs is 1. The molecule has 0 saturated heterocycles. The minimum absolute atomic E-state index is 0.177. The number of rotatable bonds is 4. The molecule has 0 unspecified atom stereocenters. The second kappa shape index (κ2) is 6.48. The van der Waals surface area contributed by atoms with E-state index in [1.807, 2.05) is 24.3 Å². The number of anilines is 1. The number of nitrogens with one attached hydrogen (secondary N) is 2. The maximum Gasteiger partial charge on any atom is 0.320 e. The van der Waals surface area contributed by atoms with Crippen LogP contribution < -0.4 is 10.6 Å². The number of carbonyl (C=O) groups excluding carboxylic acids is 1. The number of aromatic nitrogens is 1. The number of hydrogen-bond donors (Lipinski definition) is 3. The van der Waals surface area contributed by atoms with Gasteiger partial charge in [-0.2, -0.15) is 0 Å². The van der Waals surface area contributed by atoms with Crippen molar-refractivity contribution in [3.05, 3.63) is 59.3 Å². The molecule has 2 amide bonds.